The Kier molecular flexibility index (Phi) is 6.02. The molecule has 1 amide bonds. The van der Waals surface area contributed by atoms with Crippen molar-refractivity contribution in [1.29, 1.82) is 0 Å². The molecule has 1 atom stereocenters. The first-order valence-corrected chi connectivity index (χ1v) is 7.57. The highest BCUT2D eigenvalue weighted by Crippen LogP contribution is 2.14. The number of nitrogens with zero attached hydrogens (tertiary/aromatic N) is 1. The first kappa shape index (κ1) is 15.8. The number of ether oxygens (including phenoxy) is 1. The van der Waals surface area contributed by atoms with Crippen LogP contribution in [0.3, 0.4) is 0 Å². The molecule has 1 aliphatic heterocycles. The molecule has 2 rings (SSSR count). The summed E-state index contributed by atoms with van der Waals surface area (Å²) in [6.07, 6.45) is 2.59. The molecule has 1 aromatic carbocycles. The molecule has 1 aliphatic rings. The van der Waals surface area contributed by atoms with E-state index in [1.807, 2.05) is 24.3 Å². The van der Waals surface area contributed by atoms with Crippen molar-refractivity contribution < 1.29 is 9.53 Å². The van der Waals surface area contributed by atoms with Crippen LogP contribution in [0, 0.1) is 0 Å². The maximum absolute atomic E-state index is 11.9. The minimum atomic E-state index is -0.0196. The van der Waals surface area contributed by atoms with E-state index in [1.54, 1.807) is 7.11 Å². The molecule has 0 radical (unpaired) electrons. The molecule has 5 nitrogen and oxygen atoms in total. The predicted molar refractivity (Wildman–Crippen MR) is 84.8 cm³/mol. The van der Waals surface area contributed by atoms with E-state index in [4.69, 9.17) is 4.74 Å². The second-order valence-electron chi connectivity index (χ2n) is 5.50. The minimum Gasteiger partial charge on any atom is -0.497 e. The third kappa shape index (κ3) is 5.02. The molecule has 0 aliphatic carbocycles. The van der Waals surface area contributed by atoms with E-state index >= 15 is 0 Å². The molecule has 1 fully saturated rings. The third-order valence-corrected chi connectivity index (χ3v) is 3.86. The largest absolute Gasteiger partial charge is 0.497 e. The summed E-state index contributed by atoms with van der Waals surface area (Å²) in [6.45, 7) is 5.75. The molecular formula is C16H25N3O2. The maximum atomic E-state index is 11.9. The van der Waals surface area contributed by atoms with Gasteiger partial charge in [-0.15, -0.1) is 0 Å². The average Bonchev–Trinajstić information content (AvgIpc) is 3.02. The number of likely N-dealkylation sites (tertiary alicyclic amines) is 1. The molecule has 0 saturated carbocycles. The molecule has 1 unspecified atom stereocenters. The average molecular weight is 291 g/mol. The zero-order valence-corrected chi connectivity index (χ0v) is 12.9. The number of nitrogens with one attached hydrogen (secondary N) is 2. The molecule has 0 aromatic heterocycles. The number of benzene rings is 1. The normalized spacial score (nSPS) is 16.7. The van der Waals surface area contributed by atoms with Gasteiger partial charge in [-0.05, 0) is 57.1 Å². The Labute approximate surface area is 126 Å². The van der Waals surface area contributed by atoms with Gasteiger partial charge >= 0.3 is 0 Å². The summed E-state index contributed by atoms with van der Waals surface area (Å²) >= 11 is 0. The Morgan fingerprint density at radius 1 is 1.29 bits per heavy atom. The molecule has 1 saturated heterocycles. The molecule has 0 bridgehead atoms. The number of rotatable bonds is 7. The van der Waals surface area contributed by atoms with Gasteiger partial charge in [0.2, 0.25) is 5.91 Å². The van der Waals surface area contributed by atoms with Gasteiger partial charge in [0.1, 0.15) is 5.75 Å². The van der Waals surface area contributed by atoms with Crippen molar-refractivity contribution in [2.45, 2.75) is 25.8 Å². The van der Waals surface area contributed by atoms with Crippen LogP contribution in [0.2, 0.25) is 0 Å². The molecular weight excluding hydrogens is 266 g/mol. The van der Waals surface area contributed by atoms with Gasteiger partial charge in [-0.2, -0.15) is 0 Å². The number of amides is 1. The van der Waals surface area contributed by atoms with Crippen molar-refractivity contribution in [3.05, 3.63) is 24.3 Å². The maximum Gasteiger partial charge on any atom is 0.238 e. The highest BCUT2D eigenvalue weighted by Gasteiger charge is 2.17. The van der Waals surface area contributed by atoms with Crippen LogP contribution in [0.25, 0.3) is 0 Å². The number of methoxy groups -OCH3 is 1. The van der Waals surface area contributed by atoms with Crippen molar-refractivity contribution in [3.8, 4) is 5.75 Å². The van der Waals surface area contributed by atoms with Crippen LogP contribution in [-0.2, 0) is 4.79 Å². The molecule has 2 N–H and O–H groups in total. The van der Waals surface area contributed by atoms with Crippen molar-refractivity contribution in [2.24, 2.45) is 0 Å². The number of carbonyl (C=O) groups excluding carboxylic acids is 1. The molecule has 5 heteroatoms. The standard InChI is InChI=1S/C16H25N3O2/c1-13(19-9-3-4-10-19)11-17-12-16(20)18-14-5-7-15(21-2)8-6-14/h5-8,13,17H,3-4,9-12H2,1-2H3,(H,18,20). The second-order valence-corrected chi connectivity index (χ2v) is 5.50. The van der Waals surface area contributed by atoms with Gasteiger partial charge < -0.3 is 15.4 Å². The fourth-order valence-corrected chi connectivity index (χ4v) is 2.59. The number of carbonyl (C=O) groups is 1. The molecule has 116 valence electrons. The lowest BCUT2D eigenvalue weighted by molar-refractivity contribution is -0.115. The molecule has 1 aromatic rings. The quantitative estimate of drug-likeness (QED) is 0.803. The first-order chi connectivity index (χ1) is 10.2. The smallest absolute Gasteiger partial charge is 0.238 e. The van der Waals surface area contributed by atoms with E-state index in [-0.39, 0.29) is 5.91 Å². The highest BCUT2D eigenvalue weighted by molar-refractivity contribution is 5.92. The van der Waals surface area contributed by atoms with E-state index in [1.165, 1.54) is 25.9 Å². The second kappa shape index (κ2) is 8.00. The summed E-state index contributed by atoms with van der Waals surface area (Å²) < 4.78 is 5.08. The van der Waals surface area contributed by atoms with Crippen LogP contribution in [0.5, 0.6) is 5.75 Å². The summed E-state index contributed by atoms with van der Waals surface area (Å²) in [5, 5.41) is 6.09. The lowest BCUT2D eigenvalue weighted by atomic mass is 10.3. The van der Waals surface area contributed by atoms with Gasteiger partial charge in [0.05, 0.1) is 13.7 Å². The van der Waals surface area contributed by atoms with Gasteiger partial charge in [0, 0.05) is 18.3 Å². The minimum absolute atomic E-state index is 0.0196. The Morgan fingerprint density at radius 2 is 1.95 bits per heavy atom. The van der Waals surface area contributed by atoms with E-state index in [9.17, 15) is 4.79 Å². The monoisotopic (exact) mass is 291 g/mol. The van der Waals surface area contributed by atoms with Crippen LogP contribution in [0.4, 0.5) is 5.69 Å². The summed E-state index contributed by atoms with van der Waals surface area (Å²) in [5.74, 6) is 0.763. The van der Waals surface area contributed by atoms with Crippen LogP contribution in [0.1, 0.15) is 19.8 Å². The summed E-state index contributed by atoms with van der Waals surface area (Å²) in [4.78, 5) is 14.3. The van der Waals surface area contributed by atoms with Gasteiger partial charge in [-0.25, -0.2) is 0 Å². The lowest BCUT2D eigenvalue weighted by Gasteiger charge is -2.23. The summed E-state index contributed by atoms with van der Waals surface area (Å²) in [7, 11) is 1.62. The number of hydrogen-bond acceptors (Lipinski definition) is 4. The molecule has 1 heterocycles. The molecule has 21 heavy (non-hydrogen) atoms. The Morgan fingerprint density at radius 3 is 2.57 bits per heavy atom. The van der Waals surface area contributed by atoms with Crippen LogP contribution in [-0.4, -0.2) is 50.1 Å². The van der Waals surface area contributed by atoms with E-state index in [0.29, 0.717) is 12.6 Å². The van der Waals surface area contributed by atoms with Gasteiger partial charge in [0.25, 0.3) is 0 Å². The molecule has 0 spiro atoms. The fourth-order valence-electron chi connectivity index (χ4n) is 2.59. The Balaban J connectivity index is 1.66. The van der Waals surface area contributed by atoms with Crippen molar-refractivity contribution in [3.63, 3.8) is 0 Å². The number of hydrogen-bond donors (Lipinski definition) is 2. The van der Waals surface area contributed by atoms with Gasteiger partial charge in [0.15, 0.2) is 0 Å². The van der Waals surface area contributed by atoms with Crippen molar-refractivity contribution in [1.82, 2.24) is 10.2 Å². The van der Waals surface area contributed by atoms with Gasteiger partial charge in [-0.3, -0.25) is 9.69 Å². The first-order valence-electron chi connectivity index (χ1n) is 7.57. The third-order valence-electron chi connectivity index (χ3n) is 3.86. The van der Waals surface area contributed by atoms with E-state index in [2.05, 4.69) is 22.5 Å². The Hall–Kier alpha value is -1.59. The SMILES string of the molecule is COc1ccc(NC(=O)CNCC(C)N2CCCC2)cc1. The topological polar surface area (TPSA) is 53.6 Å². The zero-order chi connectivity index (χ0) is 15.1. The predicted octanol–water partition coefficient (Wildman–Crippen LogP) is 1.71. The van der Waals surface area contributed by atoms with Crippen LogP contribution in [0.15, 0.2) is 24.3 Å². The van der Waals surface area contributed by atoms with Crippen molar-refractivity contribution >= 4 is 11.6 Å². The van der Waals surface area contributed by atoms with E-state index < -0.39 is 0 Å². The Bertz CT molecular complexity index is 441. The van der Waals surface area contributed by atoms with E-state index in [0.717, 1.165) is 18.0 Å². The van der Waals surface area contributed by atoms with Crippen molar-refractivity contribution in [2.75, 3.05) is 38.6 Å². The number of anilines is 1. The van der Waals surface area contributed by atoms with Crippen LogP contribution < -0.4 is 15.4 Å². The fraction of sp³-hybridized carbons (Fsp3) is 0.562. The van der Waals surface area contributed by atoms with Gasteiger partial charge in [-0.1, -0.05) is 0 Å². The zero-order valence-electron chi connectivity index (χ0n) is 12.9. The van der Waals surface area contributed by atoms with Crippen LogP contribution >= 0.6 is 0 Å². The highest BCUT2D eigenvalue weighted by atomic mass is 16.5. The summed E-state index contributed by atoms with van der Waals surface area (Å²) in [6, 6.07) is 7.82. The lowest BCUT2D eigenvalue weighted by Crippen LogP contribution is -2.40. The summed E-state index contributed by atoms with van der Waals surface area (Å²) in [5.41, 5.74) is 0.787.